The summed E-state index contributed by atoms with van der Waals surface area (Å²) in [5, 5.41) is 5.47. The molecule has 0 aliphatic heterocycles. The van der Waals surface area contributed by atoms with E-state index in [1.165, 1.54) is 0 Å². The molecule has 0 N–H and O–H groups in total. The smallest absolute Gasteiger partial charge is 0.166 e. The molecule has 2 heterocycles. The first-order valence-electron chi connectivity index (χ1n) is 10.4. The van der Waals surface area contributed by atoms with Gasteiger partial charge in [-0.3, -0.25) is 4.79 Å². The topological polar surface area (TPSA) is 65.7 Å². The molecule has 4 aromatic rings. The number of benzene rings is 2. The number of hydrogen-bond donors (Lipinski definition) is 0. The average molecular weight is 448 g/mol. The highest BCUT2D eigenvalue weighted by molar-refractivity contribution is 6.30. The van der Waals surface area contributed by atoms with Crippen LogP contribution in [-0.2, 0) is 6.42 Å². The van der Waals surface area contributed by atoms with Gasteiger partial charge < -0.3 is 9.47 Å². The van der Waals surface area contributed by atoms with Crippen LogP contribution in [0.25, 0.3) is 16.8 Å². The first-order chi connectivity index (χ1) is 15.5. The largest absolute Gasteiger partial charge is 0.493 e. The van der Waals surface area contributed by atoms with Crippen molar-refractivity contribution in [3.63, 3.8) is 0 Å². The van der Waals surface area contributed by atoms with Crippen molar-refractivity contribution in [1.82, 2.24) is 14.6 Å². The highest BCUT2D eigenvalue weighted by atomic mass is 35.5. The molecular weight excluding hydrogens is 426 g/mol. The molecule has 1 aliphatic carbocycles. The van der Waals surface area contributed by atoms with E-state index < -0.39 is 0 Å². The summed E-state index contributed by atoms with van der Waals surface area (Å²) in [6.45, 7) is 1.95. The van der Waals surface area contributed by atoms with Gasteiger partial charge in [-0.2, -0.15) is 5.10 Å². The Labute approximate surface area is 190 Å². The fourth-order valence-electron chi connectivity index (χ4n) is 4.51. The predicted octanol–water partition coefficient (Wildman–Crippen LogP) is 5.29. The molecule has 6 nitrogen and oxygen atoms in total. The normalized spacial score (nSPS) is 15.6. The van der Waals surface area contributed by atoms with E-state index >= 15 is 0 Å². The lowest BCUT2D eigenvalue weighted by Crippen LogP contribution is -2.22. The second-order valence-electron chi connectivity index (χ2n) is 7.96. The fraction of sp³-hybridized carbons (Fsp3) is 0.240. The Balaban J connectivity index is 1.63. The van der Waals surface area contributed by atoms with Gasteiger partial charge in [0.25, 0.3) is 0 Å². The number of aryl methyl sites for hydroxylation is 1. The van der Waals surface area contributed by atoms with Crippen LogP contribution in [0.2, 0.25) is 5.02 Å². The maximum absolute atomic E-state index is 13.0. The van der Waals surface area contributed by atoms with Crippen LogP contribution in [0.5, 0.6) is 11.5 Å². The molecule has 0 radical (unpaired) electrons. The van der Waals surface area contributed by atoms with Crippen LogP contribution in [0.1, 0.15) is 39.6 Å². The molecule has 0 saturated carbocycles. The average Bonchev–Trinajstić information content (AvgIpc) is 3.15. The lowest BCUT2D eigenvalue weighted by molar-refractivity contribution is 0.0962. The lowest BCUT2D eigenvalue weighted by Gasteiger charge is -2.24. The number of hydrogen-bond acceptors (Lipinski definition) is 5. The summed E-state index contributed by atoms with van der Waals surface area (Å²) in [6.07, 6.45) is 2.84. The summed E-state index contributed by atoms with van der Waals surface area (Å²) in [5.41, 5.74) is 6.03. The monoisotopic (exact) mass is 447 g/mol. The Morgan fingerprint density at radius 3 is 2.50 bits per heavy atom. The maximum atomic E-state index is 13.0. The van der Waals surface area contributed by atoms with Gasteiger partial charge in [0, 0.05) is 23.2 Å². The van der Waals surface area contributed by atoms with E-state index in [0.29, 0.717) is 34.9 Å². The zero-order chi connectivity index (χ0) is 22.4. The zero-order valence-electron chi connectivity index (χ0n) is 18.1. The van der Waals surface area contributed by atoms with Crippen LogP contribution in [0.3, 0.4) is 0 Å². The van der Waals surface area contributed by atoms with Crippen molar-refractivity contribution in [3.05, 3.63) is 76.2 Å². The minimum atomic E-state index is 0.0758. The number of fused-ring (bicyclic) bond motifs is 3. The molecular formula is C25H22ClN3O3. The zero-order valence-corrected chi connectivity index (χ0v) is 18.8. The number of ether oxygens (including phenoxy) is 2. The number of carbonyl (C=O) groups excluding carboxylic acids is 1. The van der Waals surface area contributed by atoms with Crippen molar-refractivity contribution in [2.24, 2.45) is 0 Å². The van der Waals surface area contributed by atoms with Crippen molar-refractivity contribution >= 4 is 23.0 Å². The Kier molecular flexibility index (Phi) is 5.10. The summed E-state index contributed by atoms with van der Waals surface area (Å²) in [7, 11) is 3.22. The molecule has 1 atom stereocenters. The molecule has 2 aromatic carbocycles. The first kappa shape index (κ1) is 20.5. The van der Waals surface area contributed by atoms with E-state index in [0.717, 1.165) is 33.7 Å². The van der Waals surface area contributed by atoms with Gasteiger partial charge in [-0.25, -0.2) is 9.50 Å². The molecule has 2 aromatic heterocycles. The number of nitrogens with zero attached hydrogens (tertiary/aromatic N) is 3. The molecule has 0 fully saturated rings. The molecule has 1 aliphatic rings. The van der Waals surface area contributed by atoms with Crippen LogP contribution >= 0.6 is 11.6 Å². The van der Waals surface area contributed by atoms with Gasteiger partial charge in [0.15, 0.2) is 22.9 Å². The van der Waals surface area contributed by atoms with Gasteiger partial charge in [0.2, 0.25) is 0 Å². The number of Topliss-reactive ketones (excluding diaryl/α,β-unsaturated/α-hetero) is 1. The number of methoxy groups -OCH3 is 2. The minimum Gasteiger partial charge on any atom is -0.493 e. The molecule has 0 saturated heterocycles. The number of ketones is 1. The Morgan fingerprint density at radius 1 is 1.03 bits per heavy atom. The van der Waals surface area contributed by atoms with Crippen molar-refractivity contribution in [2.75, 3.05) is 14.2 Å². The first-order valence-corrected chi connectivity index (χ1v) is 10.8. The number of rotatable bonds is 4. The molecule has 7 heteroatoms. The highest BCUT2D eigenvalue weighted by Gasteiger charge is 2.30. The molecule has 0 spiro atoms. The van der Waals surface area contributed by atoms with E-state index in [2.05, 4.69) is 4.98 Å². The van der Waals surface area contributed by atoms with Gasteiger partial charge in [-0.15, -0.1) is 0 Å². The van der Waals surface area contributed by atoms with E-state index in [4.69, 9.17) is 26.2 Å². The summed E-state index contributed by atoms with van der Waals surface area (Å²) >= 11 is 6.05. The Morgan fingerprint density at radius 2 is 1.78 bits per heavy atom. The van der Waals surface area contributed by atoms with Crippen LogP contribution in [0.15, 0.2) is 48.7 Å². The van der Waals surface area contributed by atoms with E-state index in [1.807, 2.05) is 53.9 Å². The third-order valence-electron chi connectivity index (χ3n) is 6.10. The van der Waals surface area contributed by atoms with Gasteiger partial charge >= 0.3 is 0 Å². The molecule has 0 bridgehead atoms. The molecule has 162 valence electrons. The van der Waals surface area contributed by atoms with Crippen LogP contribution < -0.4 is 9.47 Å². The molecule has 0 amide bonds. The summed E-state index contributed by atoms with van der Waals surface area (Å²) in [4.78, 5) is 17.6. The minimum absolute atomic E-state index is 0.0758. The van der Waals surface area contributed by atoms with Crippen LogP contribution in [-0.4, -0.2) is 34.6 Å². The quantitative estimate of drug-likeness (QED) is 0.425. The second-order valence-corrected chi connectivity index (χ2v) is 8.40. The van der Waals surface area contributed by atoms with Crippen molar-refractivity contribution in [2.45, 2.75) is 25.7 Å². The SMILES string of the molecule is COc1ccc(-c2c(C)nn3c4c(cnc23)C(=O)C[C@@H](c2ccc(Cl)cc2)C4)cc1OC. The van der Waals surface area contributed by atoms with Crippen molar-refractivity contribution < 1.29 is 14.3 Å². The maximum Gasteiger partial charge on any atom is 0.166 e. The van der Waals surface area contributed by atoms with Gasteiger partial charge in [0.1, 0.15) is 0 Å². The van der Waals surface area contributed by atoms with Gasteiger partial charge in [0.05, 0.1) is 31.2 Å². The van der Waals surface area contributed by atoms with Crippen molar-refractivity contribution in [1.29, 1.82) is 0 Å². The number of aromatic nitrogens is 3. The number of halogens is 1. The molecule has 5 rings (SSSR count). The third kappa shape index (κ3) is 3.31. The summed E-state index contributed by atoms with van der Waals surface area (Å²) in [6, 6.07) is 13.5. The van der Waals surface area contributed by atoms with E-state index in [1.54, 1.807) is 20.4 Å². The second kappa shape index (κ2) is 7.95. The highest BCUT2D eigenvalue weighted by Crippen LogP contribution is 2.38. The lowest BCUT2D eigenvalue weighted by atomic mass is 9.82. The van der Waals surface area contributed by atoms with Crippen LogP contribution in [0.4, 0.5) is 0 Å². The van der Waals surface area contributed by atoms with Crippen molar-refractivity contribution in [3.8, 4) is 22.6 Å². The Hall–Kier alpha value is -3.38. The summed E-state index contributed by atoms with van der Waals surface area (Å²) < 4.78 is 12.7. The number of carbonyl (C=O) groups is 1. The van der Waals surface area contributed by atoms with E-state index in [-0.39, 0.29) is 11.7 Å². The Bertz CT molecular complexity index is 1350. The molecule has 32 heavy (non-hydrogen) atoms. The van der Waals surface area contributed by atoms with Gasteiger partial charge in [-0.05, 0) is 54.7 Å². The fourth-order valence-corrected chi connectivity index (χ4v) is 4.63. The van der Waals surface area contributed by atoms with E-state index in [9.17, 15) is 4.79 Å². The predicted molar refractivity (Wildman–Crippen MR) is 123 cm³/mol. The summed E-state index contributed by atoms with van der Waals surface area (Å²) in [5.74, 6) is 1.46. The standard InChI is InChI=1S/C25H22ClN3O3/c1-14-24(16-6-9-22(31-2)23(12-16)32-3)25-27-13-19-20(29(25)28-14)10-17(11-21(19)30)15-4-7-18(26)8-5-15/h4-9,12-13,17H,10-11H2,1-3H3/t17-/m0/s1. The third-order valence-corrected chi connectivity index (χ3v) is 6.36. The van der Waals surface area contributed by atoms with Gasteiger partial charge in [-0.1, -0.05) is 29.8 Å². The molecule has 0 unspecified atom stereocenters. The van der Waals surface area contributed by atoms with Crippen LogP contribution in [0, 0.1) is 6.92 Å².